The van der Waals surface area contributed by atoms with Gasteiger partial charge in [-0.25, -0.2) is 9.69 Å². The van der Waals surface area contributed by atoms with Gasteiger partial charge in [-0.15, -0.1) is 0 Å². The predicted molar refractivity (Wildman–Crippen MR) is 63.6 cm³/mol. The van der Waals surface area contributed by atoms with Gasteiger partial charge in [0.2, 0.25) is 0 Å². The Morgan fingerprint density at radius 2 is 2.12 bits per heavy atom. The topological polar surface area (TPSA) is 58.6 Å². The molecular weight excluding hydrogens is 244 g/mol. The number of carbonyl (C=O) groups excluding carboxylic acids is 2. The lowest BCUT2D eigenvalue weighted by Crippen LogP contribution is -2.31. The van der Waals surface area contributed by atoms with Gasteiger partial charge >= 0.3 is 6.03 Å². The molecule has 1 aliphatic heterocycles. The van der Waals surface area contributed by atoms with Crippen molar-refractivity contribution >= 4 is 29.2 Å². The highest BCUT2D eigenvalue weighted by Crippen LogP contribution is 2.34. The maximum Gasteiger partial charge on any atom is 0.329 e. The zero-order chi connectivity index (χ0) is 12.6. The molecule has 0 radical (unpaired) electrons. The summed E-state index contributed by atoms with van der Waals surface area (Å²) in [5, 5.41) is 2.98. The van der Waals surface area contributed by atoms with Crippen molar-refractivity contribution in [1.82, 2.24) is 5.32 Å². The highest BCUT2D eigenvalue weighted by atomic mass is 35.5. The van der Waals surface area contributed by atoms with Gasteiger partial charge in [0.05, 0.1) is 19.3 Å². The fraction of sp³-hybridized carbons (Fsp3) is 0.273. The van der Waals surface area contributed by atoms with E-state index in [2.05, 4.69) is 5.32 Å². The van der Waals surface area contributed by atoms with Crippen LogP contribution in [0.2, 0.25) is 5.02 Å². The number of aryl methyl sites for hydroxylation is 1. The third kappa shape index (κ3) is 1.93. The molecule has 5 nitrogen and oxygen atoms in total. The van der Waals surface area contributed by atoms with Crippen LogP contribution in [0.3, 0.4) is 0 Å². The number of carbonyl (C=O) groups is 2. The van der Waals surface area contributed by atoms with E-state index < -0.39 is 6.03 Å². The van der Waals surface area contributed by atoms with Gasteiger partial charge in [0, 0.05) is 11.1 Å². The summed E-state index contributed by atoms with van der Waals surface area (Å²) < 4.78 is 5.13. The second-order valence-electron chi connectivity index (χ2n) is 3.66. The number of hydrogen-bond acceptors (Lipinski definition) is 3. The Morgan fingerprint density at radius 3 is 2.65 bits per heavy atom. The number of methoxy groups -OCH3 is 1. The van der Waals surface area contributed by atoms with Gasteiger partial charge in [-0.05, 0) is 18.6 Å². The summed E-state index contributed by atoms with van der Waals surface area (Å²) in [5.74, 6) is 0.0843. The summed E-state index contributed by atoms with van der Waals surface area (Å²) in [6.07, 6.45) is 0. The van der Waals surface area contributed by atoms with Gasteiger partial charge in [0.25, 0.3) is 5.91 Å². The van der Waals surface area contributed by atoms with E-state index in [-0.39, 0.29) is 12.5 Å². The lowest BCUT2D eigenvalue weighted by molar-refractivity contribution is -0.115. The molecule has 0 spiro atoms. The SMILES string of the molecule is COc1cc(Cl)c(C)cc1N1C(=O)CNC1=O. The zero-order valence-corrected chi connectivity index (χ0v) is 10.2. The van der Waals surface area contributed by atoms with Crippen molar-refractivity contribution in [2.24, 2.45) is 0 Å². The first-order valence-electron chi connectivity index (χ1n) is 4.99. The number of rotatable bonds is 2. The van der Waals surface area contributed by atoms with Crippen LogP contribution < -0.4 is 15.0 Å². The normalized spacial score (nSPS) is 15.1. The molecule has 0 atom stereocenters. The summed E-state index contributed by atoms with van der Waals surface area (Å²) in [7, 11) is 1.46. The molecule has 0 bridgehead atoms. The average molecular weight is 255 g/mol. The van der Waals surface area contributed by atoms with Crippen LogP contribution in [-0.2, 0) is 4.79 Å². The predicted octanol–water partition coefficient (Wildman–Crippen LogP) is 1.71. The van der Waals surface area contributed by atoms with Crippen molar-refractivity contribution in [2.75, 3.05) is 18.6 Å². The fourth-order valence-corrected chi connectivity index (χ4v) is 1.81. The number of ether oxygens (including phenoxy) is 1. The van der Waals surface area contributed by atoms with E-state index in [1.165, 1.54) is 7.11 Å². The molecule has 1 fully saturated rings. The Bertz CT molecular complexity index is 486. The van der Waals surface area contributed by atoms with Crippen LogP contribution >= 0.6 is 11.6 Å². The molecule has 0 unspecified atom stereocenters. The third-order valence-electron chi connectivity index (χ3n) is 2.54. The molecule has 1 aromatic carbocycles. The molecule has 2 rings (SSSR count). The van der Waals surface area contributed by atoms with E-state index >= 15 is 0 Å². The van der Waals surface area contributed by atoms with Crippen LogP contribution in [0, 0.1) is 6.92 Å². The summed E-state index contributed by atoms with van der Waals surface area (Å²) in [6, 6.07) is 2.80. The Hall–Kier alpha value is -1.75. The van der Waals surface area contributed by atoms with Gasteiger partial charge < -0.3 is 10.1 Å². The van der Waals surface area contributed by atoms with Crippen molar-refractivity contribution in [2.45, 2.75) is 6.92 Å². The smallest absolute Gasteiger partial charge is 0.329 e. The summed E-state index contributed by atoms with van der Waals surface area (Å²) in [6.45, 7) is 1.80. The van der Waals surface area contributed by atoms with Gasteiger partial charge in [-0.3, -0.25) is 4.79 Å². The Kier molecular flexibility index (Phi) is 2.93. The first-order valence-corrected chi connectivity index (χ1v) is 5.37. The van der Waals surface area contributed by atoms with E-state index in [4.69, 9.17) is 16.3 Å². The molecule has 1 heterocycles. The van der Waals surface area contributed by atoms with E-state index in [0.717, 1.165) is 10.5 Å². The van der Waals surface area contributed by atoms with Crippen LogP contribution in [0.1, 0.15) is 5.56 Å². The number of imide groups is 1. The van der Waals surface area contributed by atoms with Crippen molar-refractivity contribution < 1.29 is 14.3 Å². The fourth-order valence-electron chi connectivity index (χ4n) is 1.65. The van der Waals surface area contributed by atoms with E-state index in [0.29, 0.717) is 16.5 Å². The molecule has 17 heavy (non-hydrogen) atoms. The minimum absolute atomic E-state index is 0.00363. The Morgan fingerprint density at radius 1 is 1.41 bits per heavy atom. The maximum atomic E-state index is 11.6. The molecule has 1 aromatic rings. The van der Waals surface area contributed by atoms with E-state index in [1.807, 2.05) is 0 Å². The number of halogens is 1. The van der Waals surface area contributed by atoms with Crippen LogP contribution in [0.25, 0.3) is 0 Å². The highest BCUT2D eigenvalue weighted by Gasteiger charge is 2.32. The minimum atomic E-state index is -0.449. The van der Waals surface area contributed by atoms with Gasteiger partial charge in [0.1, 0.15) is 5.75 Å². The average Bonchev–Trinajstić information content (AvgIpc) is 2.62. The molecule has 1 N–H and O–H groups in total. The van der Waals surface area contributed by atoms with Crippen LogP contribution in [-0.4, -0.2) is 25.6 Å². The first-order chi connectivity index (χ1) is 8.04. The number of anilines is 1. The number of hydrogen-bond donors (Lipinski definition) is 1. The lowest BCUT2D eigenvalue weighted by Gasteiger charge is -2.17. The number of nitrogens with zero attached hydrogens (tertiary/aromatic N) is 1. The molecule has 3 amide bonds. The summed E-state index contributed by atoms with van der Waals surface area (Å²) >= 11 is 5.96. The molecule has 0 saturated carbocycles. The maximum absolute atomic E-state index is 11.6. The zero-order valence-electron chi connectivity index (χ0n) is 9.41. The van der Waals surface area contributed by atoms with Crippen LogP contribution in [0.4, 0.5) is 10.5 Å². The van der Waals surface area contributed by atoms with Gasteiger partial charge in [-0.1, -0.05) is 11.6 Å². The van der Waals surface area contributed by atoms with Gasteiger partial charge in [-0.2, -0.15) is 0 Å². The number of amides is 3. The third-order valence-corrected chi connectivity index (χ3v) is 2.95. The highest BCUT2D eigenvalue weighted by molar-refractivity contribution is 6.32. The standard InChI is InChI=1S/C11H11ClN2O3/c1-6-3-8(9(17-2)4-7(6)12)14-10(15)5-13-11(14)16/h3-4H,5H2,1-2H3,(H,13,16). The number of nitrogens with one attached hydrogen (secondary N) is 1. The first kappa shape index (κ1) is 11.7. The molecule has 1 aliphatic rings. The monoisotopic (exact) mass is 254 g/mol. The van der Waals surface area contributed by atoms with Crippen LogP contribution in [0.5, 0.6) is 5.75 Å². The largest absolute Gasteiger partial charge is 0.494 e. The van der Waals surface area contributed by atoms with Crippen molar-refractivity contribution in [3.63, 3.8) is 0 Å². The molecule has 0 aliphatic carbocycles. The Balaban J connectivity index is 2.54. The van der Waals surface area contributed by atoms with Crippen molar-refractivity contribution in [3.05, 3.63) is 22.7 Å². The van der Waals surface area contributed by atoms with E-state index in [9.17, 15) is 9.59 Å². The van der Waals surface area contributed by atoms with E-state index in [1.54, 1.807) is 19.1 Å². The van der Waals surface area contributed by atoms with Gasteiger partial charge in [0.15, 0.2) is 0 Å². The molecular formula is C11H11ClN2O3. The molecule has 6 heteroatoms. The Labute approximate surface area is 103 Å². The molecule has 90 valence electrons. The van der Waals surface area contributed by atoms with Crippen molar-refractivity contribution in [1.29, 1.82) is 0 Å². The quantitative estimate of drug-likeness (QED) is 0.818. The molecule has 1 saturated heterocycles. The molecule has 0 aromatic heterocycles. The summed E-state index contributed by atoms with van der Waals surface area (Å²) in [4.78, 5) is 24.2. The number of benzene rings is 1. The second-order valence-corrected chi connectivity index (χ2v) is 4.07. The van der Waals surface area contributed by atoms with Crippen LogP contribution in [0.15, 0.2) is 12.1 Å². The lowest BCUT2D eigenvalue weighted by atomic mass is 10.2. The minimum Gasteiger partial charge on any atom is -0.494 e. The second kappa shape index (κ2) is 4.25. The van der Waals surface area contributed by atoms with Crippen molar-refractivity contribution in [3.8, 4) is 5.75 Å². The number of urea groups is 1. The summed E-state index contributed by atoms with van der Waals surface area (Å²) in [5.41, 5.74) is 1.18.